The first kappa shape index (κ1) is 48.8. The Bertz CT molecular complexity index is 2990. The van der Waals surface area contributed by atoms with Gasteiger partial charge in [-0.1, -0.05) is 34.8 Å². The van der Waals surface area contributed by atoms with Crippen molar-refractivity contribution in [1.29, 1.82) is 0 Å². The molecule has 374 valence electrons. The van der Waals surface area contributed by atoms with Crippen LogP contribution < -0.4 is 14.7 Å². The van der Waals surface area contributed by atoms with Gasteiger partial charge in [0.2, 0.25) is 21.8 Å². The van der Waals surface area contributed by atoms with Crippen LogP contribution in [0.5, 0.6) is 0 Å². The Kier molecular flexibility index (Phi) is 13.5. The van der Waals surface area contributed by atoms with Crippen molar-refractivity contribution in [2.75, 3.05) is 99.5 Å². The lowest BCUT2D eigenvalue weighted by atomic mass is 9.71. The summed E-state index contributed by atoms with van der Waals surface area (Å²) in [5.74, 6) is 0.419. The first-order chi connectivity index (χ1) is 33.5. The molecule has 0 unspecified atom stereocenters. The van der Waals surface area contributed by atoms with E-state index in [1.165, 1.54) is 24.8 Å². The first-order valence-electron chi connectivity index (χ1n) is 24.6. The van der Waals surface area contributed by atoms with Gasteiger partial charge in [0, 0.05) is 146 Å². The Balaban J connectivity index is 0.000000122. The number of amides is 2. The van der Waals surface area contributed by atoms with E-state index < -0.39 is 10.0 Å². The molecule has 2 amide bonds. The van der Waals surface area contributed by atoms with Crippen molar-refractivity contribution >= 4 is 106 Å². The van der Waals surface area contributed by atoms with Crippen LogP contribution in [0.15, 0.2) is 55.0 Å². The maximum atomic E-state index is 11.6. The van der Waals surface area contributed by atoms with Crippen LogP contribution in [0.3, 0.4) is 0 Å². The van der Waals surface area contributed by atoms with Gasteiger partial charge in [-0.3, -0.25) is 24.9 Å². The molecule has 3 spiro atoms. The first-order valence-corrected chi connectivity index (χ1v) is 27.6. The second kappa shape index (κ2) is 19.3. The summed E-state index contributed by atoms with van der Waals surface area (Å²) in [6.45, 7) is 14.3. The largest absolute Gasteiger partial charge is 0.371 e. The number of benzene rings is 3. The van der Waals surface area contributed by atoms with Gasteiger partial charge < -0.3 is 24.5 Å². The third-order valence-electron chi connectivity index (χ3n) is 16.6. The fraction of sp³-hybridized carbons (Fsp3) is 0.540. The molecule has 0 saturated carbocycles. The number of carbonyl (C=O) groups is 2. The second-order valence-electron chi connectivity index (χ2n) is 21.0. The summed E-state index contributed by atoms with van der Waals surface area (Å²) < 4.78 is 24.7. The van der Waals surface area contributed by atoms with Crippen molar-refractivity contribution in [3.8, 4) is 0 Å². The predicted octanol–water partition coefficient (Wildman–Crippen LogP) is 8.58. The van der Waals surface area contributed by atoms with Crippen LogP contribution in [0.2, 0.25) is 15.1 Å². The molecule has 3 N–H and O–H groups in total. The number of aromatic amines is 3. The molecule has 0 aliphatic carbocycles. The van der Waals surface area contributed by atoms with E-state index in [1.54, 1.807) is 18.2 Å². The van der Waals surface area contributed by atoms with Crippen molar-refractivity contribution in [3.63, 3.8) is 0 Å². The number of carbonyl (C=O) groups excluding carboxylic acids is 2. The number of halogens is 3. The minimum absolute atomic E-state index is 0.160. The highest BCUT2D eigenvalue weighted by Gasteiger charge is 2.48. The number of sulfonamides is 1. The van der Waals surface area contributed by atoms with Crippen molar-refractivity contribution < 1.29 is 18.0 Å². The average molecular weight is 1030 g/mol. The number of likely N-dealkylation sites (tertiary alicyclic amines) is 2. The van der Waals surface area contributed by atoms with Gasteiger partial charge in [-0.05, 0) is 105 Å². The molecule has 20 heteroatoms. The van der Waals surface area contributed by atoms with E-state index in [0.29, 0.717) is 28.9 Å². The summed E-state index contributed by atoms with van der Waals surface area (Å²) in [6, 6.07) is 11.8. The fourth-order valence-electron chi connectivity index (χ4n) is 12.1. The minimum atomic E-state index is -3.04. The maximum absolute atomic E-state index is 11.6. The van der Waals surface area contributed by atoms with Crippen molar-refractivity contribution in [3.05, 3.63) is 70.1 Å². The Morgan fingerprint density at radius 2 is 0.814 bits per heavy atom. The molecule has 9 heterocycles. The predicted molar refractivity (Wildman–Crippen MR) is 280 cm³/mol. The van der Waals surface area contributed by atoms with Gasteiger partial charge in [-0.15, -0.1) is 0 Å². The number of hydrogen-bond acceptors (Lipinski definition) is 10. The van der Waals surface area contributed by atoms with E-state index in [0.717, 1.165) is 165 Å². The number of fused-ring (bicyclic) bond motifs is 3. The highest BCUT2D eigenvalue weighted by atomic mass is 35.5. The zero-order valence-electron chi connectivity index (χ0n) is 40.2. The molecule has 3 aromatic heterocycles. The lowest BCUT2D eigenvalue weighted by Crippen LogP contribution is -2.61. The molecule has 6 aliphatic heterocycles. The zero-order valence-corrected chi connectivity index (χ0v) is 43.3. The maximum Gasteiger partial charge on any atom is 0.219 e. The molecule has 3 aromatic carbocycles. The summed E-state index contributed by atoms with van der Waals surface area (Å²) in [5, 5.41) is 26.9. The second-order valence-corrected chi connectivity index (χ2v) is 24.2. The Labute approximate surface area is 424 Å². The topological polar surface area (TPSA) is 174 Å². The summed E-state index contributed by atoms with van der Waals surface area (Å²) in [6.07, 6.45) is 16.9. The summed E-state index contributed by atoms with van der Waals surface area (Å²) in [4.78, 5) is 34.3. The highest BCUT2D eigenvalue weighted by molar-refractivity contribution is 7.88. The van der Waals surface area contributed by atoms with E-state index in [4.69, 9.17) is 34.8 Å². The molecule has 6 fully saturated rings. The summed E-state index contributed by atoms with van der Waals surface area (Å²) >= 11 is 18.7. The molecular weight excluding hydrogens is 971 g/mol. The van der Waals surface area contributed by atoms with Crippen molar-refractivity contribution in [2.24, 2.45) is 16.2 Å². The normalized spacial score (nSPS) is 21.0. The van der Waals surface area contributed by atoms with E-state index in [1.807, 2.05) is 58.7 Å². The average Bonchev–Trinajstić information content (AvgIpc) is 4.17. The van der Waals surface area contributed by atoms with E-state index in [-0.39, 0.29) is 17.2 Å². The van der Waals surface area contributed by atoms with Crippen molar-refractivity contribution in [1.82, 2.24) is 44.7 Å². The molecule has 16 nitrogen and oxygen atoms in total. The van der Waals surface area contributed by atoms with Gasteiger partial charge in [0.25, 0.3) is 0 Å². The van der Waals surface area contributed by atoms with Gasteiger partial charge in [0.1, 0.15) is 0 Å². The number of H-pyrrole nitrogens is 3. The molecule has 0 bridgehead atoms. The lowest BCUT2D eigenvalue weighted by molar-refractivity contribution is -0.131. The number of aromatic nitrogens is 6. The molecule has 12 rings (SSSR count). The number of piperidine rings is 4. The van der Waals surface area contributed by atoms with E-state index >= 15 is 0 Å². The monoisotopic (exact) mass is 1030 g/mol. The Morgan fingerprint density at radius 1 is 0.486 bits per heavy atom. The molecule has 6 saturated heterocycles. The fourth-order valence-corrected chi connectivity index (χ4v) is 13.8. The number of rotatable bonds is 4. The van der Waals surface area contributed by atoms with Gasteiger partial charge in [-0.2, -0.15) is 15.3 Å². The SMILES string of the molecule is CC(=O)N1CCC2(CC1)CCN(c1cc(Cl)cc3[nH]ncc13)CC2.CC(=O)N1CCC2(CCN(c3cc(Cl)cc4[nH]ncc34)CC2)C1.CS(=O)(=O)N1CC2(CCN(c3cc(Cl)cc4[nH]ncc34)CC2)C1. The number of nitrogens with one attached hydrogen (secondary N) is 3. The van der Waals surface area contributed by atoms with E-state index in [2.05, 4.69) is 51.4 Å². The third-order valence-corrected chi connectivity index (χ3v) is 18.5. The van der Waals surface area contributed by atoms with Crippen LogP contribution in [-0.2, 0) is 19.6 Å². The molecule has 6 aliphatic rings. The number of nitrogens with zero attached hydrogens (tertiary/aromatic N) is 9. The smallest absolute Gasteiger partial charge is 0.219 e. The van der Waals surface area contributed by atoms with Gasteiger partial charge >= 0.3 is 0 Å². The van der Waals surface area contributed by atoms with Gasteiger partial charge in [0.05, 0.1) is 41.4 Å². The quantitative estimate of drug-likeness (QED) is 0.155. The highest BCUT2D eigenvalue weighted by Crippen LogP contribution is 2.46. The third kappa shape index (κ3) is 10.0. The van der Waals surface area contributed by atoms with Crippen LogP contribution >= 0.6 is 34.8 Å². The van der Waals surface area contributed by atoms with Crippen molar-refractivity contribution in [2.45, 2.75) is 71.6 Å². The molecule has 70 heavy (non-hydrogen) atoms. The van der Waals surface area contributed by atoms with Gasteiger partial charge in [-0.25, -0.2) is 12.7 Å². The molecule has 6 aromatic rings. The van der Waals surface area contributed by atoms with Crippen LogP contribution in [0.25, 0.3) is 32.7 Å². The van der Waals surface area contributed by atoms with Crippen LogP contribution in [0.4, 0.5) is 17.1 Å². The molecule has 0 radical (unpaired) electrons. The number of hydrogen-bond donors (Lipinski definition) is 3. The van der Waals surface area contributed by atoms with E-state index in [9.17, 15) is 18.0 Å². The van der Waals surface area contributed by atoms with Crippen LogP contribution in [0, 0.1) is 16.2 Å². The lowest BCUT2D eigenvalue weighted by Gasteiger charge is -2.53. The summed E-state index contributed by atoms with van der Waals surface area (Å²) in [7, 11) is -3.04. The van der Waals surface area contributed by atoms with Crippen LogP contribution in [0.1, 0.15) is 71.6 Å². The number of anilines is 3. The minimum Gasteiger partial charge on any atom is -0.371 e. The molecule has 0 atom stereocenters. The molecular formula is C50H63Cl3N12O4S. The summed E-state index contributed by atoms with van der Waals surface area (Å²) in [5.41, 5.74) is 7.26. The van der Waals surface area contributed by atoms with Crippen LogP contribution in [-0.4, -0.2) is 150 Å². The Hall–Kier alpha value is -4.81. The zero-order chi connectivity index (χ0) is 49.0. The Morgan fingerprint density at radius 3 is 1.17 bits per heavy atom. The van der Waals surface area contributed by atoms with Gasteiger partial charge in [0.15, 0.2) is 0 Å². The standard InChI is InChI=1S/C18H23ClN4O.C17H21ClN4O.C15H19ClN4O2S/c1-13(24)22-6-2-18(3-7-22)4-8-23(9-5-18)17-11-14(19)10-16-15(17)12-20-21-16;1-12(23)22-7-4-17(11-22)2-5-21(6-3-17)16-9-13(18)8-15-14(16)10-19-20-15;1-23(21,22)20-9-15(10-20)2-4-19(5-3-15)14-7-11(16)6-13-12(14)8-17-18-13/h10-12H,2-9H2,1H3,(H,20,21);8-10H,2-7,11H2,1H3,(H,19,20);6-8H,2-5,9-10H2,1H3,(H,17,18).